The Morgan fingerprint density at radius 1 is 0.821 bits per heavy atom. The van der Waals surface area contributed by atoms with Crippen LogP contribution in [0.3, 0.4) is 0 Å². The maximum absolute atomic E-state index is 5.32. The number of halogens is 1. The third-order valence-corrected chi connectivity index (χ3v) is 5.39. The number of rotatable bonds is 5. The van der Waals surface area contributed by atoms with E-state index in [-0.39, 0.29) is 17.0 Å². The van der Waals surface area contributed by atoms with E-state index in [2.05, 4.69) is 65.3 Å². The van der Waals surface area contributed by atoms with Gasteiger partial charge in [0.05, 0.1) is 12.0 Å². The van der Waals surface area contributed by atoms with E-state index in [1.54, 1.807) is 18.4 Å². The Morgan fingerprint density at radius 2 is 1.43 bits per heavy atom. The van der Waals surface area contributed by atoms with Crippen molar-refractivity contribution in [1.82, 2.24) is 0 Å². The van der Waals surface area contributed by atoms with Crippen molar-refractivity contribution in [1.29, 1.82) is 0 Å². The van der Waals surface area contributed by atoms with Crippen molar-refractivity contribution in [3.8, 4) is 22.7 Å². The molecular weight excluding hydrogens is 432 g/mol. The number of aryl methyl sites for hydroxylation is 1. The van der Waals surface area contributed by atoms with Crippen LogP contribution in [0.25, 0.3) is 16.9 Å². The van der Waals surface area contributed by atoms with Gasteiger partial charge >= 0.3 is 5.13 Å². The predicted molar refractivity (Wildman–Crippen MR) is 112 cm³/mol. The zero-order valence-electron chi connectivity index (χ0n) is 15.7. The second-order valence-electron chi connectivity index (χ2n) is 6.20. The summed E-state index contributed by atoms with van der Waals surface area (Å²) < 4.78 is 7.60. The molecule has 28 heavy (non-hydrogen) atoms. The smallest absolute Gasteiger partial charge is 0.344 e. The molecule has 0 unspecified atom stereocenters. The summed E-state index contributed by atoms with van der Waals surface area (Å²) in [5, 5.41) is 4.66. The Hall–Kier alpha value is -2.63. The van der Waals surface area contributed by atoms with Crippen LogP contribution in [0.15, 0.2) is 84.9 Å². The van der Waals surface area contributed by atoms with Crippen molar-refractivity contribution in [3.05, 3.63) is 89.8 Å². The number of para-hydroxylation sites is 2. The monoisotopic (exact) mass is 452 g/mol. The minimum absolute atomic E-state index is 0. The summed E-state index contributed by atoms with van der Waals surface area (Å²) >= 11 is 1.76. The van der Waals surface area contributed by atoms with E-state index in [1.807, 2.05) is 36.4 Å². The van der Waals surface area contributed by atoms with Gasteiger partial charge in [0.2, 0.25) is 0 Å². The zero-order chi connectivity index (χ0) is 18.6. The molecule has 0 saturated heterocycles. The molecule has 0 bridgehead atoms. The lowest BCUT2D eigenvalue weighted by molar-refractivity contribution is -0.563. The van der Waals surface area contributed by atoms with Gasteiger partial charge in [0.1, 0.15) is 17.1 Å². The van der Waals surface area contributed by atoms with Crippen LogP contribution in [0.2, 0.25) is 0 Å². The third-order valence-electron chi connectivity index (χ3n) is 4.41. The number of aromatic nitrogens is 1. The average molecular weight is 453 g/mol. The minimum atomic E-state index is 0. The summed E-state index contributed by atoms with van der Waals surface area (Å²) in [6, 6.07) is 29.0. The van der Waals surface area contributed by atoms with Gasteiger partial charge in [-0.05, 0) is 55.5 Å². The van der Waals surface area contributed by atoms with E-state index in [1.165, 1.54) is 10.6 Å². The topological polar surface area (TPSA) is 25.1 Å². The standard InChI is InChI=1S/C23H20N2OS.BrH/c1-17-22(18-13-15-21(26-2)16-14-18)25(20-11-7-4-8-12-20)23(27-17)24-19-9-5-3-6-10-19;/h3-16H,1-2H3;1H. The molecule has 142 valence electrons. The van der Waals surface area contributed by atoms with Crippen molar-refractivity contribution >= 4 is 22.2 Å². The molecular formula is C23H21BrN2OS. The van der Waals surface area contributed by atoms with Crippen LogP contribution in [-0.4, -0.2) is 7.11 Å². The number of nitrogens with zero attached hydrogens (tertiary/aromatic N) is 1. The molecule has 0 amide bonds. The van der Waals surface area contributed by atoms with Crippen LogP contribution in [0.5, 0.6) is 5.75 Å². The first-order valence-electron chi connectivity index (χ1n) is 8.83. The van der Waals surface area contributed by atoms with Crippen LogP contribution in [0, 0.1) is 6.92 Å². The highest BCUT2D eigenvalue weighted by molar-refractivity contribution is 7.15. The summed E-state index contributed by atoms with van der Waals surface area (Å²) in [5.74, 6) is 0.862. The molecule has 0 radical (unpaired) electrons. The first kappa shape index (κ1) is 20.1. The molecule has 0 atom stereocenters. The first-order chi connectivity index (χ1) is 13.3. The zero-order valence-corrected chi connectivity index (χ0v) is 18.1. The lowest BCUT2D eigenvalue weighted by atomic mass is 10.1. The molecule has 4 aromatic rings. The average Bonchev–Trinajstić information content (AvgIpc) is 3.05. The fourth-order valence-corrected chi connectivity index (χ4v) is 4.18. The maximum Gasteiger partial charge on any atom is 0.344 e. The summed E-state index contributed by atoms with van der Waals surface area (Å²) in [5.41, 5.74) is 4.55. The molecule has 1 aromatic heterocycles. The number of hydrogen-bond acceptors (Lipinski definition) is 3. The van der Waals surface area contributed by atoms with Gasteiger partial charge in [-0.3, -0.25) is 0 Å². The number of benzene rings is 3. The summed E-state index contributed by atoms with van der Waals surface area (Å²) in [6.45, 7) is 2.17. The maximum atomic E-state index is 5.32. The molecule has 0 spiro atoms. The highest BCUT2D eigenvalue weighted by Gasteiger charge is 2.25. The van der Waals surface area contributed by atoms with Gasteiger partial charge in [0.25, 0.3) is 0 Å². The van der Waals surface area contributed by atoms with E-state index in [0.29, 0.717) is 0 Å². The Morgan fingerprint density at radius 3 is 2.04 bits per heavy atom. The quantitative estimate of drug-likeness (QED) is 0.471. The van der Waals surface area contributed by atoms with Gasteiger partial charge in [0.15, 0.2) is 5.69 Å². The van der Waals surface area contributed by atoms with Crippen LogP contribution in [0.4, 0.5) is 10.8 Å². The molecule has 3 aromatic carbocycles. The lowest BCUT2D eigenvalue weighted by Crippen LogP contribution is -3.00. The van der Waals surface area contributed by atoms with Gasteiger partial charge in [-0.2, -0.15) is 4.57 Å². The highest BCUT2D eigenvalue weighted by atomic mass is 79.9. The molecule has 0 aliphatic carbocycles. The largest absolute Gasteiger partial charge is 1.00 e. The predicted octanol–water partition coefficient (Wildman–Crippen LogP) is 2.76. The lowest BCUT2D eigenvalue weighted by Gasteiger charge is -2.07. The Labute approximate surface area is 180 Å². The molecule has 0 saturated carbocycles. The van der Waals surface area contributed by atoms with Gasteiger partial charge in [-0.15, -0.1) is 0 Å². The Bertz CT molecular complexity index is 1030. The fourth-order valence-electron chi connectivity index (χ4n) is 3.13. The molecule has 0 fully saturated rings. The number of anilines is 2. The van der Waals surface area contributed by atoms with Crippen molar-refractivity contribution in [2.75, 3.05) is 12.4 Å². The van der Waals surface area contributed by atoms with Crippen molar-refractivity contribution in [2.24, 2.45) is 0 Å². The summed E-state index contributed by atoms with van der Waals surface area (Å²) in [7, 11) is 1.69. The first-order valence-corrected chi connectivity index (χ1v) is 9.65. The molecule has 1 heterocycles. The number of thiazole rings is 1. The van der Waals surface area contributed by atoms with Crippen LogP contribution in [0.1, 0.15) is 4.88 Å². The molecule has 5 heteroatoms. The summed E-state index contributed by atoms with van der Waals surface area (Å²) in [6.07, 6.45) is 0. The third kappa shape index (κ3) is 4.11. The Kier molecular flexibility index (Phi) is 6.49. The molecule has 3 nitrogen and oxygen atoms in total. The minimum Gasteiger partial charge on any atom is -1.00 e. The van der Waals surface area contributed by atoms with E-state index in [0.717, 1.165) is 27.8 Å². The fraction of sp³-hybridized carbons (Fsp3) is 0.0870. The number of ether oxygens (including phenoxy) is 1. The van der Waals surface area contributed by atoms with E-state index < -0.39 is 0 Å². The van der Waals surface area contributed by atoms with Crippen molar-refractivity contribution < 1.29 is 26.3 Å². The van der Waals surface area contributed by atoms with Gasteiger partial charge in [-0.25, -0.2) is 5.32 Å². The second-order valence-corrected chi connectivity index (χ2v) is 7.41. The van der Waals surface area contributed by atoms with E-state index in [4.69, 9.17) is 4.74 Å². The van der Waals surface area contributed by atoms with Crippen molar-refractivity contribution in [2.45, 2.75) is 6.92 Å². The molecule has 1 N–H and O–H groups in total. The molecule has 0 aliphatic rings. The van der Waals surface area contributed by atoms with Gasteiger partial charge < -0.3 is 21.7 Å². The van der Waals surface area contributed by atoms with E-state index >= 15 is 0 Å². The normalized spacial score (nSPS) is 10.2. The van der Waals surface area contributed by atoms with Crippen LogP contribution < -0.4 is 31.6 Å². The molecule has 0 aliphatic heterocycles. The van der Waals surface area contributed by atoms with E-state index in [9.17, 15) is 0 Å². The number of nitrogens with one attached hydrogen (secondary N) is 1. The summed E-state index contributed by atoms with van der Waals surface area (Å²) in [4.78, 5) is 1.25. The van der Waals surface area contributed by atoms with Gasteiger partial charge in [0, 0.05) is 5.56 Å². The Balaban J connectivity index is 0.00000225. The number of hydrogen-bond donors (Lipinski definition) is 1. The SMILES string of the molecule is COc1ccc(-c2c(C)sc(Nc3ccccc3)[n+]2-c2ccccc2)cc1.[Br-]. The van der Waals surface area contributed by atoms with Gasteiger partial charge in [-0.1, -0.05) is 47.7 Å². The van der Waals surface area contributed by atoms with Crippen LogP contribution in [-0.2, 0) is 0 Å². The molecule has 4 rings (SSSR count). The van der Waals surface area contributed by atoms with Crippen LogP contribution >= 0.6 is 11.3 Å². The second kappa shape index (κ2) is 9.04. The number of methoxy groups -OCH3 is 1. The van der Waals surface area contributed by atoms with Crippen molar-refractivity contribution in [3.63, 3.8) is 0 Å². The highest BCUT2D eigenvalue weighted by Crippen LogP contribution is 2.32.